The third-order valence-electron chi connectivity index (χ3n) is 3.17. The topological polar surface area (TPSA) is 118 Å². The van der Waals surface area contributed by atoms with E-state index >= 15 is 0 Å². The number of rotatable bonds is 6. The lowest BCUT2D eigenvalue weighted by atomic mass is 10.2. The van der Waals surface area contributed by atoms with Crippen LogP contribution in [0.1, 0.15) is 0 Å². The highest BCUT2D eigenvalue weighted by atomic mass is 32.2. The smallest absolute Gasteiger partial charge is 0.341 e. The average Bonchev–Trinajstić information content (AvgIpc) is 2.55. The molecule has 0 heterocycles. The summed E-state index contributed by atoms with van der Waals surface area (Å²) >= 11 is 0. The predicted molar refractivity (Wildman–Crippen MR) is 80.4 cm³/mol. The van der Waals surface area contributed by atoms with Crippen molar-refractivity contribution >= 4 is 22.8 Å². The highest BCUT2D eigenvalue weighted by Gasteiger charge is 2.59. The number of hydrogen-bond donors (Lipinski definition) is 3. The Morgan fingerprint density at radius 3 is 1.65 bits per heavy atom. The summed E-state index contributed by atoms with van der Waals surface area (Å²) in [5, 5.41) is 41.0. The van der Waals surface area contributed by atoms with Crippen LogP contribution in [0, 0.1) is 0 Å². The van der Waals surface area contributed by atoms with Crippen molar-refractivity contribution < 1.29 is 30.0 Å². The Balaban J connectivity index is 2.69. The number of carbonyl (C=O) groups is 2. The maximum atomic E-state index is 11.6. The number of carboxylic acids is 2. The third kappa shape index (κ3) is 3.21. The predicted octanol–water partition coefficient (Wildman–Crippen LogP) is -0.393. The van der Waals surface area contributed by atoms with Crippen LogP contribution in [0.15, 0.2) is 70.5 Å². The first kappa shape index (κ1) is 17.0. The Bertz CT molecular complexity index is 651. The molecule has 7 heteroatoms. The third-order valence-corrected chi connectivity index (χ3v) is 5.67. The molecule has 0 saturated carbocycles. The summed E-state index contributed by atoms with van der Waals surface area (Å²) in [6, 6.07) is 16.1. The van der Waals surface area contributed by atoms with Gasteiger partial charge < -0.3 is 25.2 Å². The van der Waals surface area contributed by atoms with E-state index in [0.29, 0.717) is 9.79 Å². The van der Waals surface area contributed by atoms with Gasteiger partial charge in [0.15, 0.2) is 9.79 Å². The largest absolute Gasteiger partial charge is 0.542 e. The monoisotopic (exact) mass is 334 g/mol. The SMILES string of the molecule is O=C(O)C(O)C(O)(C(=O)[O-])[S+](c1ccccc1)c1ccccc1. The molecule has 0 saturated heterocycles. The Morgan fingerprint density at radius 1 is 0.957 bits per heavy atom. The van der Waals surface area contributed by atoms with Crippen molar-refractivity contribution in [1.29, 1.82) is 0 Å². The molecule has 0 aliphatic heterocycles. The summed E-state index contributed by atoms with van der Waals surface area (Å²) in [6.07, 6.45) is -2.55. The molecule has 0 aliphatic rings. The van der Waals surface area contributed by atoms with Gasteiger partial charge in [-0.25, -0.2) is 4.79 Å². The second kappa shape index (κ2) is 6.82. The van der Waals surface area contributed by atoms with Crippen molar-refractivity contribution in [3.8, 4) is 0 Å². The number of carbonyl (C=O) groups excluding carboxylic acids is 1. The lowest BCUT2D eigenvalue weighted by Gasteiger charge is -2.30. The molecule has 0 fully saturated rings. The molecule has 0 amide bonds. The van der Waals surface area contributed by atoms with E-state index in [1.54, 1.807) is 60.7 Å². The molecule has 0 radical (unpaired) electrons. The number of aliphatic hydroxyl groups is 2. The number of carboxylic acid groups (broad SMARTS) is 2. The van der Waals surface area contributed by atoms with Gasteiger partial charge in [0.2, 0.25) is 6.10 Å². The zero-order chi connectivity index (χ0) is 17.0. The Hall–Kier alpha value is -2.35. The van der Waals surface area contributed by atoms with Crippen molar-refractivity contribution in [3.63, 3.8) is 0 Å². The van der Waals surface area contributed by atoms with Crippen molar-refractivity contribution in [2.24, 2.45) is 0 Å². The van der Waals surface area contributed by atoms with Gasteiger partial charge in [0.25, 0.3) is 0 Å². The number of aliphatic hydroxyl groups excluding tert-OH is 1. The van der Waals surface area contributed by atoms with Crippen molar-refractivity contribution in [2.45, 2.75) is 20.8 Å². The summed E-state index contributed by atoms with van der Waals surface area (Å²) in [6.45, 7) is 0. The average molecular weight is 334 g/mol. The van der Waals surface area contributed by atoms with Gasteiger partial charge in [-0.3, -0.25) is 0 Å². The highest BCUT2D eigenvalue weighted by Crippen LogP contribution is 2.35. The van der Waals surface area contributed by atoms with E-state index in [1.807, 2.05) is 0 Å². The van der Waals surface area contributed by atoms with Crippen LogP contribution in [-0.4, -0.2) is 38.3 Å². The van der Waals surface area contributed by atoms with Crippen LogP contribution in [0.4, 0.5) is 0 Å². The number of benzene rings is 2. The zero-order valence-corrected chi connectivity index (χ0v) is 12.6. The second-order valence-corrected chi connectivity index (χ2v) is 6.83. The van der Waals surface area contributed by atoms with Gasteiger partial charge in [-0.1, -0.05) is 36.4 Å². The molecule has 6 nitrogen and oxygen atoms in total. The molecular weight excluding hydrogens is 320 g/mol. The first-order chi connectivity index (χ1) is 10.9. The molecule has 3 N–H and O–H groups in total. The van der Waals surface area contributed by atoms with Gasteiger partial charge in [-0.2, -0.15) is 0 Å². The van der Waals surface area contributed by atoms with E-state index in [0.717, 1.165) is 0 Å². The van der Waals surface area contributed by atoms with Crippen molar-refractivity contribution in [1.82, 2.24) is 0 Å². The van der Waals surface area contributed by atoms with E-state index in [-0.39, 0.29) is 0 Å². The van der Waals surface area contributed by atoms with Crippen LogP contribution >= 0.6 is 0 Å². The van der Waals surface area contributed by atoms with Crippen LogP contribution in [0.2, 0.25) is 0 Å². The van der Waals surface area contributed by atoms with Gasteiger partial charge >= 0.3 is 10.9 Å². The van der Waals surface area contributed by atoms with Gasteiger partial charge in [0.05, 0.1) is 0 Å². The fourth-order valence-corrected chi connectivity index (χ4v) is 4.42. The molecular formula is C16H14O6S. The van der Waals surface area contributed by atoms with Crippen LogP contribution in [0.3, 0.4) is 0 Å². The molecule has 2 rings (SSSR count). The molecule has 2 atom stereocenters. The van der Waals surface area contributed by atoms with E-state index in [1.165, 1.54) is 0 Å². The normalized spacial score (nSPS) is 14.9. The summed E-state index contributed by atoms with van der Waals surface area (Å²) in [7, 11) is -1.67. The van der Waals surface area contributed by atoms with Crippen molar-refractivity contribution in [2.75, 3.05) is 0 Å². The van der Waals surface area contributed by atoms with Gasteiger partial charge in [-0.05, 0) is 24.3 Å². The maximum Gasteiger partial charge on any atom is 0.341 e. The minimum atomic E-state index is -3.01. The second-order valence-electron chi connectivity index (χ2n) is 4.66. The summed E-state index contributed by atoms with van der Waals surface area (Å²) < 4.78 is 0. The molecule has 23 heavy (non-hydrogen) atoms. The van der Waals surface area contributed by atoms with Gasteiger partial charge in [0.1, 0.15) is 16.9 Å². The molecule has 0 bridgehead atoms. The molecule has 2 aromatic carbocycles. The van der Waals surface area contributed by atoms with Gasteiger partial charge in [-0.15, -0.1) is 0 Å². The quantitative estimate of drug-likeness (QED) is 0.619. The Morgan fingerprint density at radius 2 is 1.35 bits per heavy atom. The zero-order valence-electron chi connectivity index (χ0n) is 11.8. The van der Waals surface area contributed by atoms with E-state index in [4.69, 9.17) is 5.11 Å². The van der Waals surface area contributed by atoms with Gasteiger partial charge in [0, 0.05) is 0 Å². The van der Waals surface area contributed by atoms with E-state index in [9.17, 15) is 24.9 Å². The summed E-state index contributed by atoms with van der Waals surface area (Å²) in [4.78, 5) is 20.4. The first-order valence-corrected chi connectivity index (χ1v) is 7.80. The minimum Gasteiger partial charge on any atom is -0.542 e. The molecule has 2 unspecified atom stereocenters. The van der Waals surface area contributed by atoms with E-state index < -0.39 is 33.9 Å². The fraction of sp³-hybridized carbons (Fsp3) is 0.125. The molecule has 0 aliphatic carbocycles. The number of aliphatic carboxylic acids is 2. The first-order valence-electron chi connectivity index (χ1n) is 6.58. The lowest BCUT2D eigenvalue weighted by molar-refractivity contribution is -0.321. The highest BCUT2D eigenvalue weighted by molar-refractivity contribution is 7.99. The minimum absolute atomic E-state index is 0.366. The summed E-state index contributed by atoms with van der Waals surface area (Å²) in [5.41, 5.74) is 0. The number of hydrogen-bond acceptors (Lipinski definition) is 5. The van der Waals surface area contributed by atoms with Crippen LogP contribution in [0.25, 0.3) is 0 Å². The Kier molecular flexibility index (Phi) is 5.05. The summed E-state index contributed by atoms with van der Waals surface area (Å²) in [5.74, 6) is -3.90. The molecule has 120 valence electrons. The Labute approximate surface area is 135 Å². The van der Waals surface area contributed by atoms with Crippen LogP contribution in [0.5, 0.6) is 0 Å². The van der Waals surface area contributed by atoms with Crippen LogP contribution < -0.4 is 5.11 Å². The molecule has 0 aromatic heterocycles. The molecule has 0 spiro atoms. The van der Waals surface area contributed by atoms with E-state index in [2.05, 4.69) is 0 Å². The van der Waals surface area contributed by atoms with Crippen molar-refractivity contribution in [3.05, 3.63) is 60.7 Å². The maximum absolute atomic E-state index is 11.6. The van der Waals surface area contributed by atoms with Crippen LogP contribution in [-0.2, 0) is 20.5 Å². The lowest BCUT2D eigenvalue weighted by Crippen LogP contribution is -2.63. The fourth-order valence-electron chi connectivity index (χ4n) is 2.08. The standard InChI is InChI=1S/C16H14O6S/c17-13(14(18)19)16(22,15(20)21)23(11-7-3-1-4-8-11)12-9-5-2-6-10-12/h1-10,13,17,22H,(H-,18,19,20,21). The molecule has 2 aromatic rings.